The number of rotatable bonds is 5. The Hall–Kier alpha value is -0.830. The molecule has 1 aliphatic rings. The lowest BCUT2D eigenvalue weighted by atomic mass is 9.98. The van der Waals surface area contributed by atoms with Gasteiger partial charge >= 0.3 is 0 Å². The molecule has 0 radical (unpaired) electrons. The van der Waals surface area contributed by atoms with Gasteiger partial charge in [-0.1, -0.05) is 36.7 Å². The molecule has 1 nitrogen and oxygen atoms in total. The van der Waals surface area contributed by atoms with Gasteiger partial charge in [-0.3, -0.25) is 0 Å². The van der Waals surface area contributed by atoms with Crippen LogP contribution in [0.2, 0.25) is 4.34 Å². The lowest BCUT2D eigenvalue weighted by molar-refractivity contribution is 0.553. The number of thiophene rings is 1. The number of hydrogen-bond donors (Lipinski definition) is 1. The van der Waals surface area contributed by atoms with Crippen LogP contribution in [0.25, 0.3) is 0 Å². The molecule has 0 fully saturated rings. The first-order valence-electron chi connectivity index (χ1n) is 7.35. The standard InChI is InChI=1S/C17H20ClNS/c1-2-19-16(11-15-8-9-17(18)20-15)14-7-6-12-4-3-5-13(12)10-14/h6-10,16,19H,2-5,11H2,1H3. The summed E-state index contributed by atoms with van der Waals surface area (Å²) in [4.78, 5) is 1.35. The highest BCUT2D eigenvalue weighted by Gasteiger charge is 2.16. The SMILES string of the molecule is CCNC(Cc1ccc(Cl)s1)c1ccc2c(c1)CCC2. The van der Waals surface area contributed by atoms with Crippen LogP contribution in [0, 0.1) is 0 Å². The zero-order valence-corrected chi connectivity index (χ0v) is 13.4. The normalized spacial score (nSPS) is 15.3. The molecular weight excluding hydrogens is 286 g/mol. The first-order valence-corrected chi connectivity index (χ1v) is 8.55. The molecule has 2 aromatic rings. The summed E-state index contributed by atoms with van der Waals surface area (Å²) in [5.74, 6) is 0. The van der Waals surface area contributed by atoms with Gasteiger partial charge in [0.1, 0.15) is 0 Å². The molecule has 3 rings (SSSR count). The summed E-state index contributed by atoms with van der Waals surface area (Å²) in [6.45, 7) is 3.16. The van der Waals surface area contributed by atoms with Gasteiger partial charge in [0.15, 0.2) is 0 Å². The average molecular weight is 306 g/mol. The summed E-state index contributed by atoms with van der Waals surface area (Å²) in [5.41, 5.74) is 4.51. The molecule has 0 spiro atoms. The molecule has 0 bridgehead atoms. The molecule has 0 saturated heterocycles. The predicted octanol–water partition coefficient (Wildman–Crippen LogP) is 4.78. The molecule has 1 aliphatic carbocycles. The van der Waals surface area contributed by atoms with Crippen LogP contribution in [0.15, 0.2) is 30.3 Å². The summed E-state index contributed by atoms with van der Waals surface area (Å²) in [6.07, 6.45) is 4.82. The number of aryl methyl sites for hydroxylation is 2. The molecule has 106 valence electrons. The maximum absolute atomic E-state index is 6.04. The van der Waals surface area contributed by atoms with E-state index in [-0.39, 0.29) is 0 Å². The highest BCUT2D eigenvalue weighted by Crippen LogP contribution is 2.29. The third-order valence-corrected chi connectivity index (χ3v) is 5.26. The smallest absolute Gasteiger partial charge is 0.0931 e. The molecule has 1 unspecified atom stereocenters. The van der Waals surface area contributed by atoms with Crippen LogP contribution in [-0.2, 0) is 19.3 Å². The molecule has 1 aromatic carbocycles. The number of likely N-dealkylation sites (N-methyl/N-ethyl adjacent to an activating group) is 1. The second kappa shape index (κ2) is 6.30. The van der Waals surface area contributed by atoms with Gasteiger partial charge in [0.25, 0.3) is 0 Å². The van der Waals surface area contributed by atoms with Crippen LogP contribution in [0.3, 0.4) is 0 Å². The Morgan fingerprint density at radius 3 is 2.80 bits per heavy atom. The van der Waals surface area contributed by atoms with Gasteiger partial charge in [-0.2, -0.15) is 0 Å². The van der Waals surface area contributed by atoms with Gasteiger partial charge in [0, 0.05) is 17.3 Å². The zero-order valence-electron chi connectivity index (χ0n) is 11.8. The fourth-order valence-electron chi connectivity index (χ4n) is 3.03. The second-order valence-corrected chi connectivity index (χ2v) is 7.20. The van der Waals surface area contributed by atoms with E-state index in [9.17, 15) is 0 Å². The van der Waals surface area contributed by atoms with Crippen molar-refractivity contribution in [3.63, 3.8) is 0 Å². The van der Waals surface area contributed by atoms with E-state index in [1.54, 1.807) is 22.5 Å². The van der Waals surface area contributed by atoms with E-state index >= 15 is 0 Å². The van der Waals surface area contributed by atoms with Crippen molar-refractivity contribution >= 4 is 22.9 Å². The Kier molecular flexibility index (Phi) is 4.45. The molecule has 1 N–H and O–H groups in total. The number of halogens is 1. The van der Waals surface area contributed by atoms with E-state index in [0.29, 0.717) is 6.04 Å². The van der Waals surface area contributed by atoms with Crippen LogP contribution in [0.4, 0.5) is 0 Å². The third-order valence-electron chi connectivity index (χ3n) is 4.01. The van der Waals surface area contributed by atoms with E-state index in [1.807, 2.05) is 6.07 Å². The Morgan fingerprint density at radius 2 is 2.05 bits per heavy atom. The van der Waals surface area contributed by atoms with Crippen LogP contribution in [0.1, 0.15) is 41.0 Å². The maximum atomic E-state index is 6.04. The zero-order chi connectivity index (χ0) is 13.9. The van der Waals surface area contributed by atoms with Gasteiger partial charge in [-0.15, -0.1) is 11.3 Å². The van der Waals surface area contributed by atoms with Crippen molar-refractivity contribution in [2.24, 2.45) is 0 Å². The average Bonchev–Trinajstić information content (AvgIpc) is 3.06. The third kappa shape index (κ3) is 3.08. The van der Waals surface area contributed by atoms with Gasteiger partial charge < -0.3 is 5.32 Å². The van der Waals surface area contributed by atoms with Gasteiger partial charge in [0.2, 0.25) is 0 Å². The van der Waals surface area contributed by atoms with Gasteiger partial charge in [0.05, 0.1) is 4.34 Å². The van der Waals surface area contributed by atoms with E-state index in [0.717, 1.165) is 17.3 Å². The second-order valence-electron chi connectivity index (χ2n) is 5.40. The fourth-order valence-corrected chi connectivity index (χ4v) is 4.16. The number of nitrogens with one attached hydrogen (secondary N) is 1. The predicted molar refractivity (Wildman–Crippen MR) is 87.9 cm³/mol. The topological polar surface area (TPSA) is 12.0 Å². The minimum absolute atomic E-state index is 0.389. The van der Waals surface area contributed by atoms with Crippen molar-refractivity contribution in [1.82, 2.24) is 5.32 Å². The fraction of sp³-hybridized carbons (Fsp3) is 0.412. The first kappa shape index (κ1) is 14.1. The Bertz CT molecular complexity index is 590. The molecule has 3 heteroatoms. The van der Waals surface area contributed by atoms with Crippen molar-refractivity contribution < 1.29 is 0 Å². The maximum Gasteiger partial charge on any atom is 0.0931 e. The molecule has 0 saturated carbocycles. The molecule has 0 aliphatic heterocycles. The summed E-state index contributed by atoms with van der Waals surface area (Å²) in [6, 6.07) is 11.6. The summed E-state index contributed by atoms with van der Waals surface area (Å²) < 4.78 is 0.879. The van der Waals surface area contributed by atoms with E-state index in [4.69, 9.17) is 11.6 Å². The van der Waals surface area contributed by atoms with Crippen molar-refractivity contribution in [1.29, 1.82) is 0 Å². The highest BCUT2D eigenvalue weighted by molar-refractivity contribution is 7.16. The molecule has 1 heterocycles. The van der Waals surface area contributed by atoms with Crippen LogP contribution < -0.4 is 5.32 Å². The number of benzene rings is 1. The Morgan fingerprint density at radius 1 is 1.20 bits per heavy atom. The molecular formula is C17H20ClNS. The minimum Gasteiger partial charge on any atom is -0.310 e. The Labute approximate surface area is 130 Å². The minimum atomic E-state index is 0.389. The largest absolute Gasteiger partial charge is 0.310 e. The number of hydrogen-bond acceptors (Lipinski definition) is 2. The quantitative estimate of drug-likeness (QED) is 0.838. The van der Waals surface area contributed by atoms with Crippen LogP contribution in [-0.4, -0.2) is 6.54 Å². The highest BCUT2D eigenvalue weighted by atomic mass is 35.5. The summed E-state index contributed by atoms with van der Waals surface area (Å²) >= 11 is 7.73. The lowest BCUT2D eigenvalue weighted by Gasteiger charge is -2.18. The van der Waals surface area contributed by atoms with E-state index in [2.05, 4.69) is 36.5 Å². The van der Waals surface area contributed by atoms with Crippen LogP contribution >= 0.6 is 22.9 Å². The van der Waals surface area contributed by atoms with E-state index < -0.39 is 0 Å². The number of fused-ring (bicyclic) bond motifs is 1. The van der Waals surface area contributed by atoms with Crippen molar-refractivity contribution in [3.05, 3.63) is 56.2 Å². The van der Waals surface area contributed by atoms with Crippen LogP contribution in [0.5, 0.6) is 0 Å². The summed E-state index contributed by atoms with van der Waals surface area (Å²) in [7, 11) is 0. The first-order chi connectivity index (χ1) is 9.76. The monoisotopic (exact) mass is 305 g/mol. The summed E-state index contributed by atoms with van der Waals surface area (Å²) in [5, 5.41) is 3.61. The molecule has 1 atom stereocenters. The van der Waals surface area contributed by atoms with Crippen molar-refractivity contribution in [2.75, 3.05) is 6.54 Å². The molecule has 0 amide bonds. The van der Waals surface area contributed by atoms with Gasteiger partial charge in [-0.25, -0.2) is 0 Å². The van der Waals surface area contributed by atoms with Crippen molar-refractivity contribution in [2.45, 2.75) is 38.6 Å². The van der Waals surface area contributed by atoms with Crippen molar-refractivity contribution in [3.8, 4) is 0 Å². The van der Waals surface area contributed by atoms with E-state index in [1.165, 1.54) is 29.7 Å². The Balaban J connectivity index is 1.82. The molecule has 20 heavy (non-hydrogen) atoms. The molecule has 1 aromatic heterocycles. The van der Waals surface area contributed by atoms with Gasteiger partial charge in [-0.05, 0) is 54.6 Å². The lowest BCUT2D eigenvalue weighted by Crippen LogP contribution is -2.22.